The van der Waals surface area contributed by atoms with Gasteiger partial charge in [-0.3, -0.25) is 9.59 Å². The van der Waals surface area contributed by atoms with Crippen LogP contribution in [0.15, 0.2) is 0 Å². The maximum Gasteiger partial charge on any atom is 0.306 e. The number of hydroxylamine groups is 2. The van der Waals surface area contributed by atoms with Gasteiger partial charge in [0, 0.05) is 17.5 Å². The van der Waals surface area contributed by atoms with Gasteiger partial charge in [0.2, 0.25) is 0 Å². The third-order valence-corrected chi connectivity index (χ3v) is 4.46. The van der Waals surface area contributed by atoms with Gasteiger partial charge < -0.3 is 15.4 Å². The minimum absolute atomic E-state index is 0.00455. The molecule has 0 saturated carbocycles. The smallest absolute Gasteiger partial charge is 0.306 e. The van der Waals surface area contributed by atoms with Gasteiger partial charge in [0.25, 0.3) is 0 Å². The number of aliphatic carboxylic acids is 2. The topological polar surface area (TPSA) is 98.1 Å². The fourth-order valence-electron chi connectivity index (χ4n) is 3.67. The molecule has 122 valence electrons. The molecule has 1 aliphatic heterocycles. The summed E-state index contributed by atoms with van der Waals surface area (Å²) in [5, 5.41) is 29.7. The normalized spacial score (nSPS) is 23.7. The largest absolute Gasteiger partial charge is 0.481 e. The van der Waals surface area contributed by atoms with Gasteiger partial charge in [-0.1, -0.05) is 0 Å². The van der Waals surface area contributed by atoms with E-state index in [0.717, 1.165) is 0 Å². The van der Waals surface area contributed by atoms with Gasteiger partial charge in [0.1, 0.15) is 0 Å². The first-order valence-corrected chi connectivity index (χ1v) is 7.41. The zero-order valence-electron chi connectivity index (χ0n) is 13.3. The van der Waals surface area contributed by atoms with Crippen molar-refractivity contribution in [1.82, 2.24) is 5.06 Å². The molecule has 6 heteroatoms. The van der Waals surface area contributed by atoms with E-state index in [4.69, 9.17) is 5.11 Å². The average Bonchev–Trinajstić information content (AvgIpc) is 2.30. The summed E-state index contributed by atoms with van der Waals surface area (Å²) < 4.78 is 0. The van der Waals surface area contributed by atoms with Crippen LogP contribution in [0.4, 0.5) is 0 Å². The Bertz CT molecular complexity index is 387. The summed E-state index contributed by atoms with van der Waals surface area (Å²) in [5.41, 5.74) is -0.986. The Morgan fingerprint density at radius 1 is 1.14 bits per heavy atom. The second-order valence-corrected chi connectivity index (χ2v) is 7.34. The molecular formula is C15H27NO5. The van der Waals surface area contributed by atoms with Gasteiger partial charge in [0.05, 0.1) is 5.92 Å². The van der Waals surface area contributed by atoms with Crippen molar-refractivity contribution in [2.24, 2.45) is 11.8 Å². The van der Waals surface area contributed by atoms with Gasteiger partial charge in [-0.25, -0.2) is 0 Å². The first-order valence-electron chi connectivity index (χ1n) is 7.41. The van der Waals surface area contributed by atoms with Crippen LogP contribution in [-0.2, 0) is 9.59 Å². The van der Waals surface area contributed by atoms with Crippen molar-refractivity contribution in [2.45, 2.75) is 70.9 Å². The van der Waals surface area contributed by atoms with E-state index in [1.807, 2.05) is 27.7 Å². The number of carbonyl (C=O) groups is 2. The third kappa shape index (κ3) is 4.41. The summed E-state index contributed by atoms with van der Waals surface area (Å²) in [4.78, 5) is 22.1. The fourth-order valence-corrected chi connectivity index (χ4v) is 3.67. The number of carboxylic acid groups (broad SMARTS) is 2. The van der Waals surface area contributed by atoms with Crippen LogP contribution >= 0.6 is 0 Å². The predicted molar refractivity (Wildman–Crippen MR) is 77.1 cm³/mol. The third-order valence-electron chi connectivity index (χ3n) is 4.46. The van der Waals surface area contributed by atoms with E-state index in [0.29, 0.717) is 25.7 Å². The molecule has 1 saturated heterocycles. The molecule has 0 spiro atoms. The van der Waals surface area contributed by atoms with E-state index in [-0.39, 0.29) is 12.3 Å². The Hall–Kier alpha value is -1.14. The summed E-state index contributed by atoms with van der Waals surface area (Å²) in [6.07, 6.45) is 1.89. The summed E-state index contributed by atoms with van der Waals surface area (Å²) in [6, 6.07) is 0. The monoisotopic (exact) mass is 301 g/mol. The molecule has 0 bridgehead atoms. The van der Waals surface area contributed by atoms with Crippen molar-refractivity contribution in [2.75, 3.05) is 0 Å². The Kier molecular flexibility index (Phi) is 5.39. The van der Waals surface area contributed by atoms with Crippen molar-refractivity contribution in [3.05, 3.63) is 0 Å². The fraction of sp³-hybridized carbons (Fsp3) is 0.867. The molecule has 3 N–H and O–H groups in total. The molecule has 0 aromatic carbocycles. The molecule has 1 rings (SSSR count). The van der Waals surface area contributed by atoms with Crippen LogP contribution in [-0.4, -0.2) is 43.5 Å². The number of hydrogen-bond acceptors (Lipinski definition) is 4. The lowest BCUT2D eigenvalue weighted by atomic mass is 9.69. The summed E-state index contributed by atoms with van der Waals surface area (Å²) in [7, 11) is 0. The first-order chi connectivity index (χ1) is 9.47. The number of piperidine rings is 1. The molecule has 1 fully saturated rings. The Morgan fingerprint density at radius 3 is 2.00 bits per heavy atom. The molecule has 6 nitrogen and oxygen atoms in total. The van der Waals surface area contributed by atoms with E-state index < -0.39 is 28.9 Å². The molecule has 0 radical (unpaired) electrons. The van der Waals surface area contributed by atoms with Gasteiger partial charge in [-0.05, 0) is 59.3 Å². The van der Waals surface area contributed by atoms with E-state index in [1.165, 1.54) is 5.06 Å². The predicted octanol–water partition coefficient (Wildman–Crippen LogP) is 2.60. The molecule has 0 aromatic rings. The standard InChI is InChI=1S/C15H27NO5/c1-14(2)8-10(9-15(3,4)16(14)21)11(13(19)20)6-5-7-12(17)18/h10-11,21H,5-9H2,1-4H3,(H,17,18)(H,19,20). The van der Waals surface area contributed by atoms with Crippen molar-refractivity contribution < 1.29 is 25.0 Å². The molecule has 1 heterocycles. The molecule has 1 atom stereocenters. The van der Waals surface area contributed by atoms with E-state index in [2.05, 4.69) is 0 Å². The van der Waals surface area contributed by atoms with Crippen molar-refractivity contribution >= 4 is 11.9 Å². The molecule has 1 unspecified atom stereocenters. The molecule has 0 amide bonds. The summed E-state index contributed by atoms with van der Waals surface area (Å²) in [5.74, 6) is -2.39. The number of hydrogen-bond donors (Lipinski definition) is 3. The van der Waals surface area contributed by atoms with Crippen LogP contribution in [0.25, 0.3) is 0 Å². The van der Waals surface area contributed by atoms with Gasteiger partial charge >= 0.3 is 11.9 Å². The SMILES string of the molecule is CC1(C)CC(C(CCCC(=O)O)C(=O)O)CC(C)(C)N1O. The molecule has 0 aliphatic carbocycles. The highest BCUT2D eigenvalue weighted by molar-refractivity contribution is 5.71. The Labute approximate surface area is 125 Å². The first kappa shape index (κ1) is 17.9. The second-order valence-electron chi connectivity index (χ2n) is 7.34. The number of carboxylic acids is 2. The Balaban J connectivity index is 2.83. The molecular weight excluding hydrogens is 274 g/mol. The zero-order chi connectivity index (χ0) is 16.4. The highest BCUT2D eigenvalue weighted by atomic mass is 16.5. The number of rotatable bonds is 6. The van der Waals surface area contributed by atoms with Gasteiger partial charge in [-0.15, -0.1) is 0 Å². The van der Waals surface area contributed by atoms with Gasteiger partial charge in [0.15, 0.2) is 0 Å². The van der Waals surface area contributed by atoms with Crippen molar-refractivity contribution in [1.29, 1.82) is 0 Å². The van der Waals surface area contributed by atoms with E-state index in [9.17, 15) is 19.9 Å². The minimum Gasteiger partial charge on any atom is -0.481 e. The molecule has 21 heavy (non-hydrogen) atoms. The maximum absolute atomic E-state index is 11.6. The lowest BCUT2D eigenvalue weighted by molar-refractivity contribution is -0.254. The van der Waals surface area contributed by atoms with Crippen LogP contribution in [0.1, 0.15) is 59.8 Å². The molecule has 0 aromatic heterocycles. The van der Waals surface area contributed by atoms with Crippen molar-refractivity contribution in [3.63, 3.8) is 0 Å². The lowest BCUT2D eigenvalue weighted by Crippen LogP contribution is -2.60. The quantitative estimate of drug-likeness (QED) is 0.697. The van der Waals surface area contributed by atoms with Crippen LogP contribution in [0, 0.1) is 11.8 Å². The summed E-state index contributed by atoms with van der Waals surface area (Å²) in [6.45, 7) is 7.60. The number of nitrogens with zero attached hydrogens (tertiary/aromatic N) is 1. The van der Waals surface area contributed by atoms with Crippen LogP contribution in [0.3, 0.4) is 0 Å². The Morgan fingerprint density at radius 2 is 1.62 bits per heavy atom. The lowest BCUT2D eigenvalue weighted by Gasteiger charge is -2.52. The van der Waals surface area contributed by atoms with E-state index in [1.54, 1.807) is 0 Å². The van der Waals surface area contributed by atoms with Crippen molar-refractivity contribution in [3.8, 4) is 0 Å². The van der Waals surface area contributed by atoms with Crippen LogP contribution in [0.2, 0.25) is 0 Å². The minimum atomic E-state index is -0.898. The molecule has 1 aliphatic rings. The highest BCUT2D eigenvalue weighted by Gasteiger charge is 2.48. The van der Waals surface area contributed by atoms with Crippen LogP contribution in [0.5, 0.6) is 0 Å². The van der Waals surface area contributed by atoms with Gasteiger partial charge in [-0.2, -0.15) is 5.06 Å². The summed E-state index contributed by atoms with van der Waals surface area (Å²) >= 11 is 0. The van der Waals surface area contributed by atoms with E-state index >= 15 is 0 Å². The highest BCUT2D eigenvalue weighted by Crippen LogP contribution is 2.43. The zero-order valence-corrected chi connectivity index (χ0v) is 13.3. The second kappa shape index (κ2) is 6.32. The maximum atomic E-state index is 11.6. The average molecular weight is 301 g/mol. The van der Waals surface area contributed by atoms with Crippen LogP contribution < -0.4 is 0 Å².